The molecule has 0 saturated heterocycles. The van der Waals surface area contributed by atoms with Crippen LogP contribution >= 0.6 is 11.3 Å². The zero-order chi connectivity index (χ0) is 14.6. The molecule has 2 rings (SSSR count). The van der Waals surface area contributed by atoms with Gasteiger partial charge >= 0.3 is 0 Å². The third-order valence-corrected chi connectivity index (χ3v) is 4.91. The summed E-state index contributed by atoms with van der Waals surface area (Å²) >= 11 is 1.50. The molecule has 0 fully saturated rings. The van der Waals surface area contributed by atoms with Gasteiger partial charge in [0.2, 0.25) is 10.0 Å². The zero-order valence-corrected chi connectivity index (χ0v) is 13.2. The minimum Gasteiger partial charge on any atom is -0.314 e. The van der Waals surface area contributed by atoms with Crippen molar-refractivity contribution in [3.8, 4) is 0 Å². The second-order valence-electron chi connectivity index (χ2n) is 4.92. The molecule has 0 aliphatic heterocycles. The largest absolute Gasteiger partial charge is 0.314 e. The first-order valence-electron chi connectivity index (χ1n) is 6.53. The Labute approximate surface area is 123 Å². The highest BCUT2D eigenvalue weighted by Crippen LogP contribution is 2.22. The number of anilines is 1. The van der Waals surface area contributed by atoms with Crippen LogP contribution in [0, 0.1) is 0 Å². The van der Waals surface area contributed by atoms with Crippen molar-refractivity contribution < 1.29 is 8.42 Å². The molecule has 2 aromatic rings. The van der Waals surface area contributed by atoms with Crippen LogP contribution in [0.4, 0.5) is 5.69 Å². The van der Waals surface area contributed by atoms with Gasteiger partial charge in [0.1, 0.15) is 0 Å². The second kappa shape index (κ2) is 6.51. The van der Waals surface area contributed by atoms with E-state index in [2.05, 4.69) is 15.0 Å². The van der Waals surface area contributed by atoms with Crippen LogP contribution in [0.3, 0.4) is 0 Å². The first-order chi connectivity index (χ1) is 9.46. The van der Waals surface area contributed by atoms with Crippen LogP contribution in [0.15, 0.2) is 23.7 Å². The van der Waals surface area contributed by atoms with Crippen molar-refractivity contribution in [3.05, 3.63) is 23.7 Å². The highest BCUT2D eigenvalue weighted by Gasteiger charge is 2.10. The fraction of sp³-hybridized carbons (Fsp3) is 0.462. The molecule has 0 saturated carbocycles. The second-order valence-corrected chi connectivity index (χ2v) is 7.65. The molecule has 0 amide bonds. The summed E-state index contributed by atoms with van der Waals surface area (Å²) in [6.45, 7) is 4.78. The van der Waals surface area contributed by atoms with Crippen molar-refractivity contribution in [2.24, 2.45) is 0 Å². The summed E-state index contributed by atoms with van der Waals surface area (Å²) in [6, 6.07) is 5.76. The predicted octanol–water partition coefficient (Wildman–Crippen LogP) is 2.43. The van der Waals surface area contributed by atoms with Crippen molar-refractivity contribution in [1.82, 2.24) is 10.3 Å². The van der Waals surface area contributed by atoms with Crippen molar-refractivity contribution in [1.29, 1.82) is 0 Å². The lowest BCUT2D eigenvalue weighted by molar-refractivity contribution is 0.571. The van der Waals surface area contributed by atoms with Crippen molar-refractivity contribution in [2.75, 3.05) is 17.0 Å². The van der Waals surface area contributed by atoms with Gasteiger partial charge in [-0.25, -0.2) is 13.4 Å². The molecule has 0 atom stereocenters. The van der Waals surface area contributed by atoms with Gasteiger partial charge in [0.15, 0.2) is 0 Å². The average Bonchev–Trinajstić information content (AvgIpc) is 2.81. The molecule has 0 unspecified atom stereocenters. The van der Waals surface area contributed by atoms with Crippen LogP contribution in [-0.2, 0) is 10.0 Å². The Bertz CT molecular complexity index is 665. The van der Waals surface area contributed by atoms with E-state index in [9.17, 15) is 8.42 Å². The van der Waals surface area contributed by atoms with Gasteiger partial charge in [-0.15, -0.1) is 11.3 Å². The minimum atomic E-state index is -3.29. The Kier molecular flexibility index (Phi) is 4.95. The molecule has 1 aromatic carbocycles. The van der Waals surface area contributed by atoms with Crippen LogP contribution in [0.2, 0.25) is 0 Å². The van der Waals surface area contributed by atoms with Gasteiger partial charge < -0.3 is 5.32 Å². The lowest BCUT2D eigenvalue weighted by Gasteiger charge is -2.10. The van der Waals surface area contributed by atoms with Crippen molar-refractivity contribution >= 4 is 37.3 Å². The summed E-state index contributed by atoms with van der Waals surface area (Å²) in [5.74, 6) is 0.118. The number of hydrogen-bond donors (Lipinski definition) is 2. The van der Waals surface area contributed by atoms with Crippen LogP contribution in [0.5, 0.6) is 0 Å². The quantitative estimate of drug-likeness (QED) is 0.770. The van der Waals surface area contributed by atoms with E-state index in [1.54, 1.807) is 11.6 Å². The SMILES string of the molecule is CC(C)NCCCS(=O)(=O)Nc1ccc2ncsc2c1. The number of aromatic nitrogens is 1. The Morgan fingerprint density at radius 3 is 2.90 bits per heavy atom. The van der Waals surface area contributed by atoms with Crippen molar-refractivity contribution in [3.63, 3.8) is 0 Å². The fourth-order valence-electron chi connectivity index (χ4n) is 1.80. The molecule has 0 aliphatic rings. The summed E-state index contributed by atoms with van der Waals surface area (Å²) in [6.07, 6.45) is 0.594. The highest BCUT2D eigenvalue weighted by molar-refractivity contribution is 7.92. The van der Waals surface area contributed by atoms with Gasteiger partial charge in [0, 0.05) is 6.04 Å². The Balaban J connectivity index is 1.93. The summed E-state index contributed by atoms with van der Waals surface area (Å²) in [5, 5.41) is 3.20. The van der Waals surface area contributed by atoms with Gasteiger partial charge in [0.05, 0.1) is 27.2 Å². The van der Waals surface area contributed by atoms with Crippen LogP contribution in [0.25, 0.3) is 10.2 Å². The van der Waals surface area contributed by atoms with E-state index >= 15 is 0 Å². The van der Waals surface area contributed by atoms with E-state index in [1.807, 2.05) is 26.0 Å². The van der Waals surface area contributed by atoms with Crippen LogP contribution in [0.1, 0.15) is 20.3 Å². The monoisotopic (exact) mass is 313 g/mol. The van der Waals surface area contributed by atoms with Gasteiger partial charge in [-0.1, -0.05) is 13.8 Å². The van der Waals surface area contributed by atoms with E-state index in [0.717, 1.165) is 10.2 Å². The maximum atomic E-state index is 12.0. The average molecular weight is 313 g/mol. The Morgan fingerprint density at radius 2 is 2.15 bits per heavy atom. The molecule has 0 aliphatic carbocycles. The van der Waals surface area contributed by atoms with Gasteiger partial charge in [-0.2, -0.15) is 0 Å². The number of thiazole rings is 1. The molecule has 0 bridgehead atoms. The number of nitrogens with zero attached hydrogens (tertiary/aromatic N) is 1. The minimum absolute atomic E-state index is 0.118. The summed E-state index contributed by atoms with van der Waals surface area (Å²) < 4.78 is 27.5. The normalized spacial score (nSPS) is 12.2. The lowest BCUT2D eigenvalue weighted by atomic mass is 10.3. The first kappa shape index (κ1) is 15.2. The molecule has 7 heteroatoms. The molecule has 20 heavy (non-hydrogen) atoms. The van der Waals surface area contributed by atoms with E-state index in [0.29, 0.717) is 24.7 Å². The van der Waals surface area contributed by atoms with Gasteiger partial charge in [0.25, 0.3) is 0 Å². The summed E-state index contributed by atoms with van der Waals surface area (Å²) in [4.78, 5) is 4.17. The van der Waals surface area contributed by atoms with E-state index in [-0.39, 0.29) is 5.75 Å². The number of fused-ring (bicyclic) bond motifs is 1. The number of rotatable bonds is 7. The van der Waals surface area contributed by atoms with Crippen LogP contribution < -0.4 is 10.0 Å². The van der Waals surface area contributed by atoms with Crippen LogP contribution in [-0.4, -0.2) is 31.7 Å². The van der Waals surface area contributed by atoms with Gasteiger partial charge in [-0.05, 0) is 31.2 Å². The van der Waals surface area contributed by atoms with E-state index < -0.39 is 10.0 Å². The molecule has 0 radical (unpaired) electrons. The third kappa shape index (κ3) is 4.43. The van der Waals surface area contributed by atoms with Gasteiger partial charge in [-0.3, -0.25) is 4.72 Å². The number of sulfonamides is 1. The first-order valence-corrected chi connectivity index (χ1v) is 9.06. The highest BCUT2D eigenvalue weighted by atomic mass is 32.2. The Morgan fingerprint density at radius 1 is 1.35 bits per heavy atom. The lowest BCUT2D eigenvalue weighted by Crippen LogP contribution is -2.26. The van der Waals surface area contributed by atoms with E-state index in [1.165, 1.54) is 11.3 Å². The maximum Gasteiger partial charge on any atom is 0.232 e. The summed E-state index contributed by atoms with van der Waals surface area (Å²) in [5.41, 5.74) is 3.23. The molecule has 5 nitrogen and oxygen atoms in total. The molecular formula is C13H19N3O2S2. The zero-order valence-electron chi connectivity index (χ0n) is 11.6. The maximum absolute atomic E-state index is 12.0. The Hall–Kier alpha value is -1.18. The van der Waals surface area contributed by atoms with E-state index in [4.69, 9.17) is 0 Å². The molecule has 1 heterocycles. The molecule has 110 valence electrons. The standard InChI is InChI=1S/C13H19N3O2S2/c1-10(2)14-6-3-7-20(17,18)16-11-4-5-12-13(8-11)19-9-15-12/h4-5,8-10,14,16H,3,6-7H2,1-2H3. The number of nitrogens with one attached hydrogen (secondary N) is 2. The summed E-state index contributed by atoms with van der Waals surface area (Å²) in [7, 11) is -3.29. The third-order valence-electron chi connectivity index (χ3n) is 2.75. The molecular weight excluding hydrogens is 294 g/mol. The number of benzene rings is 1. The molecule has 2 N–H and O–H groups in total. The molecule has 0 spiro atoms. The van der Waals surface area contributed by atoms with Crippen molar-refractivity contribution in [2.45, 2.75) is 26.3 Å². The molecule has 1 aromatic heterocycles. The number of hydrogen-bond acceptors (Lipinski definition) is 5. The fourth-order valence-corrected chi connectivity index (χ4v) is 3.63. The smallest absolute Gasteiger partial charge is 0.232 e. The topological polar surface area (TPSA) is 71.1 Å². The predicted molar refractivity (Wildman–Crippen MR) is 84.8 cm³/mol.